The lowest BCUT2D eigenvalue weighted by Gasteiger charge is -2.15. The van der Waals surface area contributed by atoms with Gasteiger partial charge in [0.15, 0.2) is 0 Å². The number of rotatable bonds is 5. The number of hydrogen-bond donors (Lipinski definition) is 1. The van der Waals surface area contributed by atoms with Crippen LogP contribution in [0.2, 0.25) is 25.7 Å². The van der Waals surface area contributed by atoms with Gasteiger partial charge in [0.25, 0.3) is 0 Å². The minimum Gasteiger partial charge on any atom is -0.377 e. The zero-order chi connectivity index (χ0) is 12.3. The third-order valence-electron chi connectivity index (χ3n) is 2.77. The van der Waals surface area contributed by atoms with Gasteiger partial charge >= 0.3 is 0 Å². The number of benzene rings is 1. The van der Waals surface area contributed by atoms with Gasteiger partial charge < -0.3 is 4.74 Å². The molecule has 0 amide bonds. The zero-order valence-corrected chi connectivity index (χ0v) is 11.8. The summed E-state index contributed by atoms with van der Waals surface area (Å²) < 4.78 is 5.72. The van der Waals surface area contributed by atoms with Gasteiger partial charge in [-0.05, 0) is 17.7 Å². The van der Waals surface area contributed by atoms with Crippen LogP contribution >= 0.6 is 0 Å². The van der Waals surface area contributed by atoms with Crippen molar-refractivity contribution < 1.29 is 4.74 Å². The van der Waals surface area contributed by atoms with Crippen LogP contribution in [-0.4, -0.2) is 24.9 Å². The van der Waals surface area contributed by atoms with Gasteiger partial charge in [-0.1, -0.05) is 31.8 Å². The van der Waals surface area contributed by atoms with E-state index in [9.17, 15) is 0 Å². The third-order valence-corrected chi connectivity index (χ3v) is 4.48. The van der Waals surface area contributed by atoms with Gasteiger partial charge in [-0.3, -0.25) is 5.10 Å². The molecule has 0 aliphatic rings. The van der Waals surface area contributed by atoms with E-state index in [1.165, 1.54) is 11.6 Å². The van der Waals surface area contributed by atoms with E-state index < -0.39 is 8.07 Å². The first kappa shape index (κ1) is 12.3. The Morgan fingerprint density at radius 2 is 2.12 bits per heavy atom. The first-order valence-electron chi connectivity index (χ1n) is 6.04. The average molecular weight is 248 g/mol. The summed E-state index contributed by atoms with van der Waals surface area (Å²) in [4.78, 5) is 0. The number of hydrogen-bond acceptors (Lipinski definition) is 2. The number of fused-ring (bicyclic) bond motifs is 1. The molecule has 0 unspecified atom stereocenters. The molecule has 1 aromatic heterocycles. The maximum atomic E-state index is 5.72. The standard InChI is InChI=1S/C13H20N2OSi/c1-17(2,3)7-6-16-10-11-4-5-12-9-14-15-13(12)8-11/h4-5,8-9H,6-7,10H2,1-3H3,(H,14,15). The molecule has 2 rings (SSSR count). The molecule has 0 saturated heterocycles. The highest BCUT2D eigenvalue weighted by molar-refractivity contribution is 6.76. The van der Waals surface area contributed by atoms with Gasteiger partial charge in [0.05, 0.1) is 18.3 Å². The largest absolute Gasteiger partial charge is 0.377 e. The zero-order valence-electron chi connectivity index (χ0n) is 10.8. The molecule has 1 N–H and O–H groups in total. The van der Waals surface area contributed by atoms with E-state index in [1.807, 2.05) is 6.20 Å². The molecule has 0 bridgehead atoms. The Hall–Kier alpha value is -1.13. The summed E-state index contributed by atoms with van der Waals surface area (Å²) in [6.07, 6.45) is 1.84. The van der Waals surface area contributed by atoms with E-state index >= 15 is 0 Å². The first-order chi connectivity index (χ1) is 8.04. The quantitative estimate of drug-likeness (QED) is 0.650. The summed E-state index contributed by atoms with van der Waals surface area (Å²) in [7, 11) is -0.969. The average Bonchev–Trinajstić information content (AvgIpc) is 2.70. The summed E-state index contributed by atoms with van der Waals surface area (Å²) in [5, 5.41) is 8.14. The number of H-pyrrole nitrogens is 1. The van der Waals surface area contributed by atoms with Crippen molar-refractivity contribution in [3.8, 4) is 0 Å². The molecule has 0 aliphatic heterocycles. The number of ether oxygens (including phenoxy) is 1. The molecule has 0 atom stereocenters. The van der Waals surface area contributed by atoms with E-state index in [0.717, 1.165) is 17.5 Å². The highest BCUT2D eigenvalue weighted by Crippen LogP contribution is 2.14. The number of nitrogens with one attached hydrogen (secondary N) is 1. The van der Waals surface area contributed by atoms with Crippen LogP contribution in [0.1, 0.15) is 5.56 Å². The minimum atomic E-state index is -0.969. The highest BCUT2D eigenvalue weighted by Gasteiger charge is 2.11. The summed E-state index contributed by atoms with van der Waals surface area (Å²) in [5.41, 5.74) is 2.29. The topological polar surface area (TPSA) is 37.9 Å². The van der Waals surface area contributed by atoms with E-state index in [2.05, 4.69) is 48.0 Å². The molecule has 1 aromatic carbocycles. The molecule has 0 spiro atoms. The normalized spacial score (nSPS) is 12.2. The Kier molecular flexibility index (Phi) is 3.64. The van der Waals surface area contributed by atoms with Crippen molar-refractivity contribution in [3.63, 3.8) is 0 Å². The molecular formula is C13H20N2OSi. The molecule has 2 aromatic rings. The Bertz CT molecular complexity index is 487. The van der Waals surface area contributed by atoms with Crippen LogP contribution < -0.4 is 0 Å². The fourth-order valence-corrected chi connectivity index (χ4v) is 2.40. The third kappa shape index (κ3) is 3.68. The number of aromatic amines is 1. The summed E-state index contributed by atoms with van der Waals surface area (Å²) >= 11 is 0. The molecule has 0 aliphatic carbocycles. The predicted octanol–water partition coefficient (Wildman–Crippen LogP) is 3.42. The van der Waals surface area contributed by atoms with Crippen molar-refractivity contribution in [2.75, 3.05) is 6.61 Å². The van der Waals surface area contributed by atoms with Gasteiger partial charge in [0.1, 0.15) is 0 Å². The smallest absolute Gasteiger partial charge is 0.0717 e. The van der Waals surface area contributed by atoms with Crippen molar-refractivity contribution in [2.45, 2.75) is 32.3 Å². The minimum absolute atomic E-state index is 0.694. The lowest BCUT2D eigenvalue weighted by Crippen LogP contribution is -2.21. The van der Waals surface area contributed by atoms with Crippen molar-refractivity contribution >= 4 is 19.0 Å². The second-order valence-corrected chi connectivity index (χ2v) is 11.3. The van der Waals surface area contributed by atoms with E-state index in [0.29, 0.717) is 6.61 Å². The van der Waals surface area contributed by atoms with Gasteiger partial charge in [-0.2, -0.15) is 5.10 Å². The summed E-state index contributed by atoms with van der Waals surface area (Å²) in [6, 6.07) is 7.51. The summed E-state index contributed by atoms with van der Waals surface area (Å²) in [5.74, 6) is 0. The monoisotopic (exact) mass is 248 g/mol. The summed E-state index contributed by atoms with van der Waals surface area (Å²) in [6.45, 7) is 8.67. The lowest BCUT2D eigenvalue weighted by atomic mass is 10.2. The second kappa shape index (κ2) is 5.02. The van der Waals surface area contributed by atoms with Crippen LogP contribution in [0.15, 0.2) is 24.4 Å². The van der Waals surface area contributed by atoms with Crippen LogP contribution in [0, 0.1) is 0 Å². The molecule has 4 heteroatoms. The SMILES string of the molecule is C[Si](C)(C)CCOCc1ccc2cn[nH]c2c1. The Morgan fingerprint density at radius 3 is 2.88 bits per heavy atom. The molecule has 0 fully saturated rings. The second-order valence-electron chi connectivity index (χ2n) is 5.65. The van der Waals surface area contributed by atoms with Crippen LogP contribution in [0.3, 0.4) is 0 Å². The molecule has 92 valence electrons. The van der Waals surface area contributed by atoms with Crippen LogP contribution in [-0.2, 0) is 11.3 Å². The molecule has 1 heterocycles. The van der Waals surface area contributed by atoms with Crippen molar-refractivity contribution in [1.29, 1.82) is 0 Å². The maximum absolute atomic E-state index is 5.72. The van der Waals surface area contributed by atoms with Crippen LogP contribution in [0.25, 0.3) is 10.9 Å². The molecular weight excluding hydrogens is 228 g/mol. The van der Waals surface area contributed by atoms with Gasteiger partial charge in [0.2, 0.25) is 0 Å². The van der Waals surface area contributed by atoms with Gasteiger partial charge in [-0.25, -0.2) is 0 Å². The molecule has 0 radical (unpaired) electrons. The Balaban J connectivity index is 1.86. The number of aromatic nitrogens is 2. The highest BCUT2D eigenvalue weighted by atomic mass is 28.3. The number of nitrogens with zero attached hydrogens (tertiary/aromatic N) is 1. The van der Waals surface area contributed by atoms with Crippen molar-refractivity contribution in [1.82, 2.24) is 10.2 Å². The fourth-order valence-electron chi connectivity index (χ4n) is 1.64. The van der Waals surface area contributed by atoms with Gasteiger partial charge in [0, 0.05) is 20.1 Å². The van der Waals surface area contributed by atoms with Crippen molar-refractivity contribution in [2.24, 2.45) is 0 Å². The predicted molar refractivity (Wildman–Crippen MR) is 73.9 cm³/mol. The Labute approximate surface area is 103 Å². The molecule has 17 heavy (non-hydrogen) atoms. The van der Waals surface area contributed by atoms with Crippen molar-refractivity contribution in [3.05, 3.63) is 30.0 Å². The van der Waals surface area contributed by atoms with E-state index in [4.69, 9.17) is 4.74 Å². The lowest BCUT2D eigenvalue weighted by molar-refractivity contribution is 0.133. The fraction of sp³-hybridized carbons (Fsp3) is 0.462. The maximum Gasteiger partial charge on any atom is 0.0717 e. The molecule has 3 nitrogen and oxygen atoms in total. The van der Waals surface area contributed by atoms with E-state index in [1.54, 1.807) is 0 Å². The van der Waals surface area contributed by atoms with E-state index in [-0.39, 0.29) is 0 Å². The Morgan fingerprint density at radius 1 is 1.29 bits per heavy atom. The van der Waals surface area contributed by atoms with Crippen LogP contribution in [0.4, 0.5) is 0 Å². The van der Waals surface area contributed by atoms with Crippen LogP contribution in [0.5, 0.6) is 0 Å². The van der Waals surface area contributed by atoms with Gasteiger partial charge in [-0.15, -0.1) is 0 Å². The molecule has 0 saturated carbocycles. The first-order valence-corrected chi connectivity index (χ1v) is 9.75.